The maximum absolute atomic E-state index is 13.8. The van der Waals surface area contributed by atoms with Gasteiger partial charge in [0, 0.05) is 150 Å². The quantitative estimate of drug-likeness (QED) is 0.0408. The van der Waals surface area contributed by atoms with Crippen LogP contribution in [0, 0.1) is 23.3 Å². The third-order valence-electron chi connectivity index (χ3n) is 19.9. The second-order valence-electron chi connectivity index (χ2n) is 27.4. The normalized spacial score (nSPS) is 21.1. The van der Waals surface area contributed by atoms with Gasteiger partial charge in [-0.25, -0.2) is 56.7 Å². The van der Waals surface area contributed by atoms with Gasteiger partial charge in [0.15, 0.2) is 49.2 Å². The number of tetrazole rings is 1. The van der Waals surface area contributed by atoms with Gasteiger partial charge >= 0.3 is 23.9 Å². The van der Waals surface area contributed by atoms with Gasteiger partial charge in [0.25, 0.3) is 0 Å². The largest absolute Gasteiger partial charge is 0.463 e. The van der Waals surface area contributed by atoms with Crippen molar-refractivity contribution in [2.45, 2.75) is 102 Å². The first-order valence-corrected chi connectivity index (χ1v) is 43.0. The summed E-state index contributed by atoms with van der Waals surface area (Å²) in [6.07, 6.45) is 7.27. The SMILES string of the molecule is CCOC(=O)C1=C2C[C@@H](c3nn[nH]n3)CN2C(c2nccs2)=N[C@H]1c1ccc(F)cc1Br.CCOC(=O)C1=C2C[C@H](N(C)C)CN2C(c2nccs2)=N[C@H]1c1ccc(F)cc1Br.CCOC(=O)C1=C2C[C@H](O)CN2C(c2nccs2)=N[C@@H]1c1ccc(F)cc1Cl.CCOC(=O)C1=C2C[C@H](O)CN2C(c2nccs2)=N[C@H]1c1ccc(F)cc1Cl. The van der Waals surface area contributed by atoms with E-state index in [1.807, 2.05) is 50.3 Å². The Kier molecular flexibility index (Phi) is 26.8. The molecular formula is C79H73Br2Cl2F4N17O10S4. The maximum Gasteiger partial charge on any atom is 0.338 e. The van der Waals surface area contributed by atoms with Crippen LogP contribution in [0.1, 0.15) is 132 Å². The average Bonchev–Trinajstić information content (AvgIpc) is 1.56. The molecule has 8 aliphatic heterocycles. The van der Waals surface area contributed by atoms with Gasteiger partial charge in [-0.2, -0.15) is 5.21 Å². The highest BCUT2D eigenvalue weighted by atomic mass is 79.9. The smallest absolute Gasteiger partial charge is 0.338 e. The molecule has 9 aromatic rings. The van der Waals surface area contributed by atoms with Crippen molar-refractivity contribution in [2.24, 2.45) is 20.0 Å². The van der Waals surface area contributed by atoms with E-state index in [1.54, 1.807) is 64.6 Å². The molecule has 17 rings (SSSR count). The highest BCUT2D eigenvalue weighted by Crippen LogP contribution is 2.49. The van der Waals surface area contributed by atoms with Crippen LogP contribution in [0.4, 0.5) is 17.6 Å². The molecule has 0 amide bonds. The number of fused-ring (bicyclic) bond motifs is 4. The standard InChI is InChI=1S/C21H22BrFN4O2S.C20H17BrFN7O2S.2C19H17ClFN3O3S/c1-4-29-21(28)17-16-10-13(26(2)3)11-27(16)19(20-24-7-8-30-20)25-18(17)14-6-5-12(23)9-15(14)22;1-2-31-20(30)15-14-7-10(17-25-27-28-26-17)9-29(14)18(19-23-5-6-32-19)24-16(15)12-4-3-11(22)8-13(12)21;2*1-2-27-19(26)15-14-8-11(25)9-24(14)17(18-22-5-6-28-18)23-16(15)12-4-3-10(21)7-13(12)20/h5-9,13,18H,4,10-11H2,1-3H3;3-6,8,10,16H,2,7,9H2,1H3,(H,25,26,27,28);2*3-7,11,16,25H,2,8-9H2,1H3/t13-,18-;10-,16+;11-,16+;11-,16-/m0100/s1. The van der Waals surface area contributed by atoms with Crippen molar-refractivity contribution < 1.29 is 65.9 Å². The van der Waals surface area contributed by atoms with E-state index in [1.165, 1.54) is 106 Å². The number of ether oxygens (including phenoxy) is 4. The van der Waals surface area contributed by atoms with Gasteiger partial charge in [-0.1, -0.05) is 84.5 Å². The Labute approximate surface area is 716 Å². The van der Waals surface area contributed by atoms with Crippen molar-refractivity contribution in [1.29, 1.82) is 0 Å². The van der Waals surface area contributed by atoms with Crippen molar-refractivity contribution >= 4 is 148 Å². The lowest BCUT2D eigenvalue weighted by Gasteiger charge is -2.32. The third-order valence-corrected chi connectivity index (χ3v) is 25.0. The fourth-order valence-electron chi connectivity index (χ4n) is 14.9. The monoisotopic (exact) mass is 1850 g/mol. The summed E-state index contributed by atoms with van der Waals surface area (Å²) in [6.45, 7) is 9.72. The number of hydrogen-bond donors (Lipinski definition) is 3. The van der Waals surface area contributed by atoms with Crippen LogP contribution < -0.4 is 0 Å². The predicted octanol–water partition coefficient (Wildman–Crippen LogP) is 14.0. The molecule has 118 heavy (non-hydrogen) atoms. The summed E-state index contributed by atoms with van der Waals surface area (Å²) in [5.74, 6) is -0.612. The number of allylic oxidation sites excluding steroid dienone is 1. The van der Waals surface area contributed by atoms with Gasteiger partial charge < -0.3 is 53.7 Å². The number of halogens is 8. The Morgan fingerprint density at radius 1 is 0.475 bits per heavy atom. The molecule has 614 valence electrons. The number of aromatic amines is 1. The van der Waals surface area contributed by atoms with Crippen LogP contribution in [0.5, 0.6) is 0 Å². The summed E-state index contributed by atoms with van der Waals surface area (Å²) in [7, 11) is 4.06. The number of aliphatic hydroxyl groups excluding tert-OH is 2. The molecule has 4 saturated heterocycles. The summed E-state index contributed by atoms with van der Waals surface area (Å²) < 4.78 is 77.2. The molecule has 0 bridgehead atoms. The van der Waals surface area contributed by atoms with Gasteiger partial charge in [0.1, 0.15) is 47.4 Å². The van der Waals surface area contributed by atoms with Gasteiger partial charge in [0.05, 0.1) is 74.0 Å². The lowest BCUT2D eigenvalue weighted by molar-refractivity contribution is -0.140. The highest BCUT2D eigenvalue weighted by Gasteiger charge is 2.48. The third kappa shape index (κ3) is 17.8. The second-order valence-corrected chi connectivity index (χ2v) is 33.5. The minimum Gasteiger partial charge on any atom is -0.463 e. The van der Waals surface area contributed by atoms with Gasteiger partial charge in [-0.3, -0.25) is 20.0 Å². The minimum absolute atomic E-state index is 0.0891. The molecule has 13 heterocycles. The number of carbonyl (C=O) groups excluding carboxylic acids is 4. The first-order chi connectivity index (χ1) is 56.9. The number of rotatable bonds is 18. The molecule has 0 aliphatic carbocycles. The molecule has 0 saturated carbocycles. The second kappa shape index (κ2) is 37.3. The van der Waals surface area contributed by atoms with Crippen LogP contribution in [-0.2, 0) is 38.1 Å². The van der Waals surface area contributed by atoms with Gasteiger partial charge in [-0.05, 0) is 101 Å². The summed E-state index contributed by atoms with van der Waals surface area (Å²) in [4.78, 5) is 98.7. The summed E-state index contributed by atoms with van der Waals surface area (Å²) in [5.41, 5.74) is 6.87. The lowest BCUT2D eigenvalue weighted by atomic mass is 9.94. The summed E-state index contributed by atoms with van der Waals surface area (Å²) >= 11 is 25.3. The fourth-order valence-corrected chi connectivity index (χ4v) is 19.1. The zero-order chi connectivity index (χ0) is 83.3. The number of likely N-dealkylation sites (N-methyl/N-ethyl adjacent to an activating group) is 1. The number of esters is 4. The average molecular weight is 1860 g/mol. The topological polar surface area (TPSA) is 317 Å². The van der Waals surface area contributed by atoms with E-state index >= 15 is 0 Å². The molecule has 39 heteroatoms. The molecule has 4 fully saturated rings. The molecule has 5 aromatic heterocycles. The van der Waals surface area contributed by atoms with E-state index in [2.05, 4.69) is 82.2 Å². The van der Waals surface area contributed by atoms with Crippen molar-refractivity contribution in [3.63, 3.8) is 0 Å². The number of H-pyrrole nitrogens is 1. The highest BCUT2D eigenvalue weighted by molar-refractivity contribution is 9.10. The van der Waals surface area contributed by atoms with Crippen LogP contribution in [-0.4, -0.2) is 207 Å². The van der Waals surface area contributed by atoms with E-state index in [0.717, 1.165) is 27.2 Å². The molecule has 8 aliphatic rings. The Bertz CT molecular complexity index is 5370. The lowest BCUT2D eigenvalue weighted by Crippen LogP contribution is -2.37. The molecule has 4 aromatic carbocycles. The first kappa shape index (κ1) is 84.8. The number of benzene rings is 4. The van der Waals surface area contributed by atoms with Crippen molar-refractivity contribution in [2.75, 3.05) is 66.7 Å². The maximum atomic E-state index is 13.8. The molecule has 0 unspecified atom stereocenters. The molecule has 8 atom stereocenters. The van der Waals surface area contributed by atoms with E-state index in [0.29, 0.717) is 137 Å². The summed E-state index contributed by atoms with van der Waals surface area (Å²) in [5, 5.41) is 45.6. The Morgan fingerprint density at radius 2 is 0.797 bits per heavy atom. The molecule has 27 nitrogen and oxygen atoms in total. The zero-order valence-electron chi connectivity index (χ0n) is 63.6. The van der Waals surface area contributed by atoms with Crippen molar-refractivity contribution in [3.05, 3.63) is 255 Å². The molecule has 0 spiro atoms. The van der Waals surface area contributed by atoms with Crippen LogP contribution in [0.15, 0.2) is 193 Å². The number of thiazole rings is 4. The van der Waals surface area contributed by atoms with Gasteiger partial charge in [0.2, 0.25) is 0 Å². The van der Waals surface area contributed by atoms with Crippen LogP contribution in [0.2, 0.25) is 10.0 Å². The van der Waals surface area contributed by atoms with Crippen LogP contribution >= 0.6 is 100 Å². The number of hydrogen-bond acceptors (Lipinski definition) is 30. The van der Waals surface area contributed by atoms with Crippen LogP contribution in [0.25, 0.3) is 0 Å². The van der Waals surface area contributed by atoms with Crippen molar-refractivity contribution in [1.82, 2.24) is 65.1 Å². The van der Waals surface area contributed by atoms with E-state index in [9.17, 15) is 47.0 Å². The number of aliphatic hydroxyl groups is 2. The van der Waals surface area contributed by atoms with E-state index in [-0.39, 0.29) is 78.9 Å². The predicted molar refractivity (Wildman–Crippen MR) is 443 cm³/mol. The number of nitrogens with zero attached hydrogens (tertiary/aromatic N) is 16. The number of aromatic nitrogens is 8. The van der Waals surface area contributed by atoms with Crippen LogP contribution in [0.3, 0.4) is 0 Å². The van der Waals surface area contributed by atoms with E-state index in [4.69, 9.17) is 62.1 Å². The number of carbonyl (C=O) groups is 4. The zero-order valence-corrected chi connectivity index (χ0v) is 71.6. The fraction of sp³-hybridized carbons (Fsp3) is 0.329. The molecule has 0 radical (unpaired) electrons. The molecular weight excluding hydrogens is 1780 g/mol. The summed E-state index contributed by atoms with van der Waals surface area (Å²) in [6, 6.07) is 14.2. The Balaban J connectivity index is 0.000000129. The Hall–Kier alpha value is -9.67. The first-order valence-electron chi connectivity index (χ1n) is 37.1. The van der Waals surface area contributed by atoms with E-state index < -0.39 is 65.9 Å². The number of amidine groups is 4. The number of aliphatic imine (C=N–C) groups is 4. The number of nitrogens with one attached hydrogen (secondary N) is 1. The minimum atomic E-state index is -0.775. The molecule has 3 N–H and O–H groups in total. The van der Waals surface area contributed by atoms with Gasteiger partial charge in [-0.15, -0.1) is 55.5 Å². The van der Waals surface area contributed by atoms with Crippen molar-refractivity contribution in [3.8, 4) is 0 Å². The Morgan fingerprint density at radius 3 is 1.11 bits per heavy atom.